The molecule has 0 spiro atoms. The summed E-state index contributed by atoms with van der Waals surface area (Å²) in [5.74, 6) is 7.43. The minimum Gasteiger partial charge on any atom is -0.481 e. The van der Waals surface area contributed by atoms with E-state index in [1.807, 2.05) is 6.07 Å². The van der Waals surface area contributed by atoms with Crippen LogP contribution in [0.5, 0.6) is 5.88 Å². The zero-order valence-corrected chi connectivity index (χ0v) is 10.9. The van der Waals surface area contributed by atoms with Gasteiger partial charge in [-0.15, -0.1) is 0 Å². The predicted octanol–water partition coefficient (Wildman–Crippen LogP) is 1.60. The molecule has 1 aromatic heterocycles. The van der Waals surface area contributed by atoms with Crippen molar-refractivity contribution in [3.63, 3.8) is 0 Å². The summed E-state index contributed by atoms with van der Waals surface area (Å²) in [5, 5.41) is 2.82. The van der Waals surface area contributed by atoms with Gasteiger partial charge in [0.15, 0.2) is 0 Å². The Balaban J connectivity index is 1.78. The third-order valence-corrected chi connectivity index (χ3v) is 3.47. The van der Waals surface area contributed by atoms with Crippen molar-refractivity contribution < 1.29 is 9.53 Å². The summed E-state index contributed by atoms with van der Waals surface area (Å²) < 4.78 is 5.33. The molecule has 1 atom stereocenters. The van der Waals surface area contributed by atoms with Gasteiger partial charge in [0.1, 0.15) is 5.69 Å². The molecule has 1 N–H and O–H groups in total. The lowest BCUT2D eigenvalue weighted by Crippen LogP contribution is -2.23. The maximum absolute atomic E-state index is 11.1. The molecule has 1 aromatic rings. The highest BCUT2D eigenvalue weighted by molar-refractivity contribution is 5.79. The number of hydrogen-bond donors (Lipinski definition) is 1. The lowest BCUT2D eigenvalue weighted by Gasteiger charge is -2.06. The van der Waals surface area contributed by atoms with E-state index in [2.05, 4.69) is 28.2 Å². The van der Waals surface area contributed by atoms with Crippen LogP contribution in [-0.2, 0) is 4.79 Å². The van der Waals surface area contributed by atoms with E-state index < -0.39 is 0 Å². The van der Waals surface area contributed by atoms with Gasteiger partial charge in [-0.1, -0.05) is 12.0 Å². The fourth-order valence-corrected chi connectivity index (χ4v) is 2.27. The van der Waals surface area contributed by atoms with Crippen molar-refractivity contribution in [1.29, 1.82) is 0 Å². The summed E-state index contributed by atoms with van der Waals surface area (Å²) in [6.45, 7) is 0. The van der Waals surface area contributed by atoms with Crippen molar-refractivity contribution in [2.45, 2.75) is 37.6 Å². The first-order chi connectivity index (χ1) is 9.26. The Morgan fingerprint density at radius 1 is 1.37 bits per heavy atom. The van der Waals surface area contributed by atoms with Crippen molar-refractivity contribution in [3.05, 3.63) is 23.4 Å². The lowest BCUT2D eigenvalue weighted by atomic mass is 10.1. The van der Waals surface area contributed by atoms with Crippen LogP contribution in [0.4, 0.5) is 0 Å². The molecule has 2 aliphatic rings. The minimum atomic E-state index is -0.0385. The Morgan fingerprint density at radius 2 is 2.21 bits per heavy atom. The van der Waals surface area contributed by atoms with Gasteiger partial charge in [-0.2, -0.15) is 0 Å². The van der Waals surface area contributed by atoms with E-state index in [0.29, 0.717) is 23.9 Å². The molecule has 19 heavy (non-hydrogen) atoms. The minimum absolute atomic E-state index is 0.0385. The molecule has 3 rings (SSSR count). The van der Waals surface area contributed by atoms with Crippen molar-refractivity contribution in [2.24, 2.45) is 0 Å². The summed E-state index contributed by atoms with van der Waals surface area (Å²) in [4.78, 5) is 15.5. The van der Waals surface area contributed by atoms with E-state index in [1.54, 1.807) is 7.11 Å². The fourth-order valence-electron chi connectivity index (χ4n) is 2.27. The topological polar surface area (TPSA) is 51.2 Å². The van der Waals surface area contributed by atoms with Crippen LogP contribution in [0, 0.1) is 11.8 Å². The maximum atomic E-state index is 11.1. The summed E-state index contributed by atoms with van der Waals surface area (Å²) in [5.41, 5.74) is 1.88. The normalized spacial score (nSPS) is 21.5. The lowest BCUT2D eigenvalue weighted by molar-refractivity contribution is -0.119. The van der Waals surface area contributed by atoms with E-state index >= 15 is 0 Å². The maximum Gasteiger partial charge on any atom is 0.221 e. The number of nitrogens with zero attached hydrogens (tertiary/aromatic N) is 1. The van der Waals surface area contributed by atoms with Crippen LogP contribution in [0.2, 0.25) is 0 Å². The number of aromatic nitrogens is 1. The van der Waals surface area contributed by atoms with Crippen LogP contribution in [0.3, 0.4) is 0 Å². The largest absolute Gasteiger partial charge is 0.481 e. The standard InChI is InChI=1S/C15H16N2O2/c1-19-15-13(10-2-3-10)8-6-12(17-15)5-4-11-7-9-14(18)16-11/h6,8,10-11H,2-3,7,9H2,1H3,(H,16,18)/t11-/m0/s1. The highest BCUT2D eigenvalue weighted by Gasteiger charge is 2.27. The SMILES string of the molecule is COc1nc(C#C[C@H]2CCC(=O)N2)ccc1C1CC1. The van der Waals surface area contributed by atoms with Gasteiger partial charge in [-0.25, -0.2) is 4.98 Å². The van der Waals surface area contributed by atoms with Crippen LogP contribution in [0.15, 0.2) is 12.1 Å². The number of nitrogens with one attached hydrogen (secondary N) is 1. The van der Waals surface area contributed by atoms with Crippen LogP contribution in [-0.4, -0.2) is 24.0 Å². The van der Waals surface area contributed by atoms with Crippen molar-refractivity contribution in [1.82, 2.24) is 10.3 Å². The molecule has 0 unspecified atom stereocenters. The number of carbonyl (C=O) groups is 1. The molecule has 98 valence electrons. The number of amides is 1. The van der Waals surface area contributed by atoms with E-state index in [-0.39, 0.29) is 11.9 Å². The summed E-state index contributed by atoms with van der Waals surface area (Å²) in [7, 11) is 1.64. The van der Waals surface area contributed by atoms with E-state index in [4.69, 9.17) is 4.74 Å². The number of pyridine rings is 1. The van der Waals surface area contributed by atoms with Gasteiger partial charge in [-0.3, -0.25) is 4.79 Å². The number of rotatable bonds is 2. The number of ether oxygens (including phenoxy) is 1. The van der Waals surface area contributed by atoms with E-state index in [9.17, 15) is 4.79 Å². The molecule has 0 bridgehead atoms. The molecular formula is C15H16N2O2. The monoisotopic (exact) mass is 256 g/mol. The van der Waals surface area contributed by atoms with Gasteiger partial charge in [0.05, 0.1) is 13.2 Å². The number of carbonyl (C=O) groups excluding carboxylic acids is 1. The average Bonchev–Trinajstić information content (AvgIpc) is 3.19. The molecular weight excluding hydrogens is 240 g/mol. The van der Waals surface area contributed by atoms with Gasteiger partial charge in [0.2, 0.25) is 11.8 Å². The quantitative estimate of drug-likeness (QED) is 0.818. The van der Waals surface area contributed by atoms with Gasteiger partial charge in [0, 0.05) is 12.0 Å². The van der Waals surface area contributed by atoms with Crippen LogP contribution < -0.4 is 10.1 Å². The Labute approximate surface area is 112 Å². The second-order valence-corrected chi connectivity index (χ2v) is 5.00. The highest BCUT2D eigenvalue weighted by atomic mass is 16.5. The summed E-state index contributed by atoms with van der Waals surface area (Å²) in [6.07, 6.45) is 3.79. The van der Waals surface area contributed by atoms with Crippen molar-refractivity contribution >= 4 is 5.91 Å². The number of hydrogen-bond acceptors (Lipinski definition) is 3. The van der Waals surface area contributed by atoms with E-state index in [1.165, 1.54) is 18.4 Å². The predicted molar refractivity (Wildman–Crippen MR) is 70.8 cm³/mol. The molecule has 1 aliphatic heterocycles. The second kappa shape index (κ2) is 4.93. The number of methoxy groups -OCH3 is 1. The van der Waals surface area contributed by atoms with Crippen molar-refractivity contribution in [2.75, 3.05) is 7.11 Å². The van der Waals surface area contributed by atoms with Crippen molar-refractivity contribution in [3.8, 4) is 17.7 Å². The highest BCUT2D eigenvalue weighted by Crippen LogP contribution is 2.43. The zero-order chi connectivity index (χ0) is 13.2. The Kier molecular flexibility index (Phi) is 3.12. The van der Waals surface area contributed by atoms with Gasteiger partial charge in [0.25, 0.3) is 0 Å². The van der Waals surface area contributed by atoms with Crippen LogP contribution >= 0.6 is 0 Å². The smallest absolute Gasteiger partial charge is 0.221 e. The molecule has 0 aromatic carbocycles. The fraction of sp³-hybridized carbons (Fsp3) is 0.467. The molecule has 2 heterocycles. The molecule has 2 fully saturated rings. The van der Waals surface area contributed by atoms with Gasteiger partial charge >= 0.3 is 0 Å². The molecule has 1 aliphatic carbocycles. The summed E-state index contributed by atoms with van der Waals surface area (Å²) >= 11 is 0. The first-order valence-corrected chi connectivity index (χ1v) is 6.62. The molecule has 4 heteroatoms. The molecule has 1 amide bonds. The molecule has 1 saturated heterocycles. The van der Waals surface area contributed by atoms with Gasteiger partial charge in [-0.05, 0) is 37.2 Å². The Hall–Kier alpha value is -2.02. The second-order valence-electron chi connectivity index (χ2n) is 5.00. The Bertz CT molecular complexity index is 567. The molecule has 4 nitrogen and oxygen atoms in total. The third kappa shape index (κ3) is 2.70. The molecule has 0 radical (unpaired) electrons. The Morgan fingerprint density at radius 3 is 2.84 bits per heavy atom. The van der Waals surface area contributed by atoms with Crippen LogP contribution in [0.25, 0.3) is 0 Å². The summed E-state index contributed by atoms with van der Waals surface area (Å²) in [6, 6.07) is 3.95. The zero-order valence-electron chi connectivity index (χ0n) is 10.9. The molecule has 1 saturated carbocycles. The van der Waals surface area contributed by atoms with Crippen LogP contribution in [0.1, 0.15) is 42.9 Å². The first-order valence-electron chi connectivity index (χ1n) is 6.62. The van der Waals surface area contributed by atoms with Gasteiger partial charge < -0.3 is 10.1 Å². The average molecular weight is 256 g/mol. The third-order valence-electron chi connectivity index (χ3n) is 3.47. The van der Waals surface area contributed by atoms with E-state index in [0.717, 1.165) is 6.42 Å². The first kappa shape index (κ1) is 12.0.